The van der Waals surface area contributed by atoms with Gasteiger partial charge in [-0.15, -0.1) is 0 Å². The van der Waals surface area contributed by atoms with Gasteiger partial charge in [-0.05, 0) is 12.2 Å². The lowest BCUT2D eigenvalue weighted by Gasteiger charge is -1.81. The Morgan fingerprint density at radius 3 is 2.33 bits per heavy atom. The van der Waals surface area contributed by atoms with E-state index in [0.717, 1.165) is 0 Å². The first kappa shape index (κ1) is 7.76. The molecule has 0 amide bonds. The van der Waals surface area contributed by atoms with Gasteiger partial charge in [0.15, 0.2) is 0 Å². The second-order valence-corrected chi connectivity index (χ2v) is 1.42. The average molecular weight is 122 g/mol. The van der Waals surface area contributed by atoms with E-state index in [2.05, 4.69) is 13.2 Å². The van der Waals surface area contributed by atoms with Crippen molar-refractivity contribution in [1.82, 2.24) is 0 Å². The fraction of sp³-hybridized carbons (Fsp3) is 0. The third-order valence-corrected chi connectivity index (χ3v) is 0.723. The molecule has 0 aliphatic heterocycles. The lowest BCUT2D eigenvalue weighted by Crippen LogP contribution is -1.67. The van der Waals surface area contributed by atoms with Crippen LogP contribution < -0.4 is 0 Å². The van der Waals surface area contributed by atoms with E-state index < -0.39 is 0 Å². The SMILES string of the molecule is C=C/C=C\C=C(\O)C=C. The van der Waals surface area contributed by atoms with E-state index in [4.69, 9.17) is 5.11 Å². The molecule has 0 spiro atoms. The van der Waals surface area contributed by atoms with Gasteiger partial charge in [0.1, 0.15) is 5.76 Å². The molecule has 0 saturated carbocycles. The highest BCUT2D eigenvalue weighted by Gasteiger charge is 1.73. The van der Waals surface area contributed by atoms with Gasteiger partial charge >= 0.3 is 0 Å². The number of hydrogen-bond acceptors (Lipinski definition) is 1. The largest absolute Gasteiger partial charge is 0.508 e. The summed E-state index contributed by atoms with van der Waals surface area (Å²) in [7, 11) is 0. The third-order valence-electron chi connectivity index (χ3n) is 0.723. The summed E-state index contributed by atoms with van der Waals surface area (Å²) >= 11 is 0. The van der Waals surface area contributed by atoms with Gasteiger partial charge in [-0.3, -0.25) is 0 Å². The van der Waals surface area contributed by atoms with Crippen LogP contribution in [-0.4, -0.2) is 5.11 Å². The molecule has 0 aromatic carbocycles. The molecule has 0 radical (unpaired) electrons. The van der Waals surface area contributed by atoms with Gasteiger partial charge in [-0.25, -0.2) is 0 Å². The number of hydrogen-bond donors (Lipinski definition) is 1. The van der Waals surface area contributed by atoms with Crippen LogP contribution in [0.2, 0.25) is 0 Å². The average Bonchev–Trinajstić information content (AvgIpc) is 1.89. The number of aliphatic hydroxyl groups is 1. The highest BCUT2D eigenvalue weighted by atomic mass is 16.3. The zero-order valence-corrected chi connectivity index (χ0v) is 5.25. The third kappa shape index (κ3) is 4.62. The molecule has 0 saturated heterocycles. The van der Waals surface area contributed by atoms with Gasteiger partial charge in [0.25, 0.3) is 0 Å². The molecule has 0 aliphatic carbocycles. The Morgan fingerprint density at radius 2 is 1.89 bits per heavy atom. The second kappa shape index (κ2) is 4.91. The van der Waals surface area contributed by atoms with Crippen molar-refractivity contribution < 1.29 is 5.11 Å². The highest BCUT2D eigenvalue weighted by Crippen LogP contribution is 1.88. The van der Waals surface area contributed by atoms with E-state index in [1.165, 1.54) is 12.2 Å². The van der Waals surface area contributed by atoms with Gasteiger partial charge in [0.2, 0.25) is 0 Å². The summed E-state index contributed by atoms with van der Waals surface area (Å²) in [4.78, 5) is 0. The maximum absolute atomic E-state index is 8.74. The Labute approximate surface area is 55.3 Å². The van der Waals surface area contributed by atoms with Crippen LogP contribution in [0.1, 0.15) is 0 Å². The van der Waals surface area contributed by atoms with E-state index >= 15 is 0 Å². The van der Waals surface area contributed by atoms with E-state index in [-0.39, 0.29) is 5.76 Å². The van der Waals surface area contributed by atoms with Crippen LogP contribution >= 0.6 is 0 Å². The summed E-state index contributed by atoms with van der Waals surface area (Å²) in [6.45, 7) is 6.82. The van der Waals surface area contributed by atoms with Crippen LogP contribution in [0.4, 0.5) is 0 Å². The topological polar surface area (TPSA) is 20.2 Å². The first-order valence-electron chi connectivity index (χ1n) is 2.62. The van der Waals surface area contributed by atoms with Gasteiger partial charge in [-0.2, -0.15) is 0 Å². The van der Waals surface area contributed by atoms with Crippen LogP contribution in [-0.2, 0) is 0 Å². The zero-order chi connectivity index (χ0) is 7.11. The Morgan fingerprint density at radius 1 is 1.22 bits per heavy atom. The number of allylic oxidation sites excluding steroid dienone is 5. The molecule has 0 aromatic heterocycles. The molecular weight excluding hydrogens is 112 g/mol. The van der Waals surface area contributed by atoms with Crippen LogP contribution in [0.5, 0.6) is 0 Å². The summed E-state index contributed by atoms with van der Waals surface area (Å²) in [6.07, 6.45) is 7.94. The molecule has 9 heavy (non-hydrogen) atoms. The maximum atomic E-state index is 8.74. The second-order valence-electron chi connectivity index (χ2n) is 1.42. The first-order valence-corrected chi connectivity index (χ1v) is 2.62. The van der Waals surface area contributed by atoms with Gasteiger partial charge in [0, 0.05) is 0 Å². The van der Waals surface area contributed by atoms with Gasteiger partial charge in [-0.1, -0.05) is 31.4 Å². The zero-order valence-electron chi connectivity index (χ0n) is 5.25. The van der Waals surface area contributed by atoms with Crippen LogP contribution in [0.25, 0.3) is 0 Å². The minimum absolute atomic E-state index is 0.160. The molecule has 1 N–H and O–H groups in total. The van der Waals surface area contributed by atoms with Crippen LogP contribution in [0.15, 0.2) is 49.3 Å². The Bertz CT molecular complexity index is 152. The lowest BCUT2D eigenvalue weighted by molar-refractivity contribution is 0.433. The first-order chi connectivity index (χ1) is 4.31. The van der Waals surface area contributed by atoms with Crippen LogP contribution in [0, 0.1) is 0 Å². The summed E-state index contributed by atoms with van der Waals surface area (Å²) in [5.74, 6) is 0.160. The van der Waals surface area contributed by atoms with Crippen molar-refractivity contribution in [3.05, 3.63) is 49.3 Å². The van der Waals surface area contributed by atoms with Gasteiger partial charge in [0.05, 0.1) is 0 Å². The summed E-state index contributed by atoms with van der Waals surface area (Å²) in [6, 6.07) is 0. The summed E-state index contributed by atoms with van der Waals surface area (Å²) in [5, 5.41) is 8.74. The number of rotatable bonds is 3. The minimum atomic E-state index is 0.160. The molecule has 0 heterocycles. The van der Waals surface area contributed by atoms with E-state index in [0.29, 0.717) is 0 Å². The maximum Gasteiger partial charge on any atom is 0.114 e. The molecule has 0 atom stereocenters. The molecule has 0 bridgehead atoms. The highest BCUT2D eigenvalue weighted by molar-refractivity contribution is 5.17. The molecule has 0 rings (SSSR count). The molecule has 1 nitrogen and oxygen atoms in total. The molecule has 0 unspecified atom stereocenters. The molecule has 48 valence electrons. The summed E-state index contributed by atoms with van der Waals surface area (Å²) < 4.78 is 0. The molecule has 1 heteroatoms. The quantitative estimate of drug-likeness (QED) is 0.450. The molecule has 0 aliphatic rings. The van der Waals surface area contributed by atoms with E-state index in [9.17, 15) is 0 Å². The Balaban J connectivity index is 3.81. The van der Waals surface area contributed by atoms with Crippen molar-refractivity contribution in [2.24, 2.45) is 0 Å². The Kier molecular flexibility index (Phi) is 4.23. The fourth-order valence-corrected chi connectivity index (χ4v) is 0.301. The molecular formula is C8H10O. The predicted molar refractivity (Wildman–Crippen MR) is 40.2 cm³/mol. The minimum Gasteiger partial charge on any atom is -0.508 e. The van der Waals surface area contributed by atoms with Crippen molar-refractivity contribution in [3.8, 4) is 0 Å². The lowest BCUT2D eigenvalue weighted by atomic mass is 10.4. The van der Waals surface area contributed by atoms with Crippen molar-refractivity contribution in [2.45, 2.75) is 0 Å². The van der Waals surface area contributed by atoms with Gasteiger partial charge < -0.3 is 5.11 Å². The molecule has 0 fully saturated rings. The van der Waals surface area contributed by atoms with Crippen LogP contribution in [0.3, 0.4) is 0 Å². The normalized spacial score (nSPS) is 11.8. The van der Waals surface area contributed by atoms with Crippen molar-refractivity contribution in [2.75, 3.05) is 0 Å². The molecule has 0 aromatic rings. The van der Waals surface area contributed by atoms with Crippen molar-refractivity contribution in [3.63, 3.8) is 0 Å². The van der Waals surface area contributed by atoms with E-state index in [1.807, 2.05) is 0 Å². The van der Waals surface area contributed by atoms with Crippen molar-refractivity contribution in [1.29, 1.82) is 0 Å². The monoisotopic (exact) mass is 122 g/mol. The fourth-order valence-electron chi connectivity index (χ4n) is 0.301. The summed E-state index contributed by atoms with van der Waals surface area (Å²) in [5.41, 5.74) is 0. The predicted octanol–water partition coefficient (Wildman–Crippen LogP) is 2.36. The van der Waals surface area contributed by atoms with E-state index in [1.54, 1.807) is 18.2 Å². The number of aliphatic hydroxyl groups excluding tert-OH is 1. The Hall–Kier alpha value is -1.24. The smallest absolute Gasteiger partial charge is 0.114 e. The van der Waals surface area contributed by atoms with Crippen molar-refractivity contribution >= 4 is 0 Å². The standard InChI is InChI=1S/C8H10O/c1-3-5-6-7-8(9)4-2/h3-7,9H,1-2H2/b6-5-,8-7+.